The number of halogens is 5. The molecular formula is C14H17ClF4N2O. The number of benzene rings is 1. The minimum atomic E-state index is -4.15. The summed E-state index contributed by atoms with van der Waals surface area (Å²) in [6.45, 7) is 1.99. The SMILES string of the molecule is Fc1ccc(OCCN2CCN(CC(F)(F)F)CC2)c(Cl)c1. The fraction of sp³-hybridized carbons (Fsp3) is 0.571. The molecule has 1 aromatic rings. The smallest absolute Gasteiger partial charge is 0.401 e. The Balaban J connectivity index is 1.69. The Labute approximate surface area is 131 Å². The molecule has 0 aliphatic carbocycles. The fourth-order valence-corrected chi connectivity index (χ4v) is 2.52. The zero-order chi connectivity index (χ0) is 16.2. The van der Waals surface area contributed by atoms with Crippen LogP contribution in [0.1, 0.15) is 0 Å². The van der Waals surface area contributed by atoms with Crippen molar-refractivity contribution in [3.8, 4) is 5.75 Å². The Bertz CT molecular complexity index is 490. The highest BCUT2D eigenvalue weighted by molar-refractivity contribution is 6.32. The van der Waals surface area contributed by atoms with Crippen LogP contribution >= 0.6 is 11.6 Å². The molecule has 124 valence electrons. The molecule has 1 aromatic carbocycles. The van der Waals surface area contributed by atoms with Gasteiger partial charge in [-0.25, -0.2) is 4.39 Å². The molecule has 0 bridgehead atoms. The third-order valence-corrected chi connectivity index (χ3v) is 3.72. The van der Waals surface area contributed by atoms with Crippen LogP contribution in [0, 0.1) is 5.82 Å². The van der Waals surface area contributed by atoms with E-state index >= 15 is 0 Å². The minimum Gasteiger partial charge on any atom is -0.491 e. The third-order valence-electron chi connectivity index (χ3n) is 3.43. The topological polar surface area (TPSA) is 15.7 Å². The normalized spacial score (nSPS) is 17.7. The first kappa shape index (κ1) is 17.3. The number of hydrogen-bond donors (Lipinski definition) is 0. The maximum absolute atomic E-state index is 12.9. The van der Waals surface area contributed by atoms with E-state index in [0.717, 1.165) is 0 Å². The summed E-state index contributed by atoms with van der Waals surface area (Å²) in [5, 5.41) is 0.204. The number of piperazine rings is 1. The van der Waals surface area contributed by atoms with Crippen LogP contribution in [0.15, 0.2) is 18.2 Å². The third kappa shape index (κ3) is 5.62. The van der Waals surface area contributed by atoms with E-state index in [4.69, 9.17) is 16.3 Å². The van der Waals surface area contributed by atoms with Crippen LogP contribution in [0.4, 0.5) is 17.6 Å². The molecule has 22 heavy (non-hydrogen) atoms. The van der Waals surface area contributed by atoms with Crippen molar-refractivity contribution < 1.29 is 22.3 Å². The van der Waals surface area contributed by atoms with Crippen molar-refractivity contribution in [2.45, 2.75) is 6.18 Å². The van der Waals surface area contributed by atoms with Crippen LogP contribution in [0.25, 0.3) is 0 Å². The Kier molecular flexibility index (Phi) is 5.88. The van der Waals surface area contributed by atoms with Crippen molar-refractivity contribution in [3.63, 3.8) is 0 Å². The lowest BCUT2D eigenvalue weighted by Gasteiger charge is -2.34. The molecule has 0 aromatic heterocycles. The van der Waals surface area contributed by atoms with E-state index in [1.807, 2.05) is 4.90 Å². The number of ether oxygens (including phenoxy) is 1. The first-order valence-electron chi connectivity index (χ1n) is 6.93. The van der Waals surface area contributed by atoms with Gasteiger partial charge in [0.1, 0.15) is 18.2 Å². The van der Waals surface area contributed by atoms with Gasteiger partial charge in [-0.3, -0.25) is 9.80 Å². The monoisotopic (exact) mass is 340 g/mol. The molecule has 0 radical (unpaired) electrons. The second-order valence-corrected chi connectivity index (χ2v) is 5.56. The summed E-state index contributed by atoms with van der Waals surface area (Å²) in [6.07, 6.45) is -4.15. The molecule has 1 fully saturated rings. The van der Waals surface area contributed by atoms with Gasteiger partial charge in [0.15, 0.2) is 0 Å². The molecule has 0 unspecified atom stereocenters. The van der Waals surface area contributed by atoms with Gasteiger partial charge in [-0.15, -0.1) is 0 Å². The van der Waals surface area contributed by atoms with Crippen LogP contribution in [0.5, 0.6) is 5.75 Å². The van der Waals surface area contributed by atoms with Gasteiger partial charge in [-0.2, -0.15) is 13.2 Å². The molecule has 0 saturated carbocycles. The van der Waals surface area contributed by atoms with Crippen LogP contribution in [-0.4, -0.2) is 61.9 Å². The van der Waals surface area contributed by atoms with Gasteiger partial charge in [0.05, 0.1) is 11.6 Å². The molecule has 2 rings (SSSR count). The van der Waals surface area contributed by atoms with Crippen molar-refractivity contribution in [2.24, 2.45) is 0 Å². The van der Waals surface area contributed by atoms with Crippen molar-refractivity contribution >= 4 is 11.6 Å². The average molecular weight is 341 g/mol. The van der Waals surface area contributed by atoms with Gasteiger partial charge in [-0.05, 0) is 18.2 Å². The van der Waals surface area contributed by atoms with Gasteiger partial charge >= 0.3 is 6.18 Å². The summed E-state index contributed by atoms with van der Waals surface area (Å²) in [6, 6.07) is 3.89. The van der Waals surface area contributed by atoms with Gasteiger partial charge in [-0.1, -0.05) is 11.6 Å². The lowest BCUT2D eigenvalue weighted by atomic mass is 10.3. The number of hydrogen-bond acceptors (Lipinski definition) is 3. The van der Waals surface area contributed by atoms with Crippen LogP contribution in [0.3, 0.4) is 0 Å². The van der Waals surface area contributed by atoms with E-state index in [-0.39, 0.29) is 5.02 Å². The molecule has 1 heterocycles. The molecular weight excluding hydrogens is 324 g/mol. The predicted octanol–water partition coefficient (Wildman–Crippen LogP) is 3.04. The minimum absolute atomic E-state index is 0.204. The van der Waals surface area contributed by atoms with Crippen molar-refractivity contribution in [2.75, 3.05) is 45.9 Å². The van der Waals surface area contributed by atoms with E-state index in [2.05, 4.69) is 0 Å². The van der Waals surface area contributed by atoms with Crippen LogP contribution in [-0.2, 0) is 0 Å². The van der Waals surface area contributed by atoms with Crippen LogP contribution < -0.4 is 4.74 Å². The lowest BCUT2D eigenvalue weighted by molar-refractivity contribution is -0.149. The van der Waals surface area contributed by atoms with Gasteiger partial charge < -0.3 is 4.74 Å². The molecule has 1 saturated heterocycles. The van der Waals surface area contributed by atoms with Crippen LogP contribution in [0.2, 0.25) is 5.02 Å². The van der Waals surface area contributed by atoms with Gasteiger partial charge in [0, 0.05) is 32.7 Å². The maximum Gasteiger partial charge on any atom is 0.401 e. The number of rotatable bonds is 5. The zero-order valence-electron chi connectivity index (χ0n) is 11.9. The van der Waals surface area contributed by atoms with E-state index < -0.39 is 18.5 Å². The highest BCUT2D eigenvalue weighted by Gasteiger charge is 2.31. The zero-order valence-corrected chi connectivity index (χ0v) is 12.6. The second-order valence-electron chi connectivity index (χ2n) is 5.16. The summed E-state index contributed by atoms with van der Waals surface area (Å²) < 4.78 is 55.2. The predicted molar refractivity (Wildman–Crippen MR) is 75.8 cm³/mol. The van der Waals surface area contributed by atoms with Gasteiger partial charge in [0.2, 0.25) is 0 Å². The molecule has 1 aliphatic rings. The fourth-order valence-electron chi connectivity index (χ4n) is 2.30. The van der Waals surface area contributed by atoms with E-state index in [1.54, 1.807) is 0 Å². The summed E-state index contributed by atoms with van der Waals surface area (Å²) in [5.74, 6) is -0.0306. The average Bonchev–Trinajstić information content (AvgIpc) is 2.41. The second kappa shape index (κ2) is 7.48. The molecule has 0 atom stereocenters. The molecule has 0 spiro atoms. The van der Waals surface area contributed by atoms with Crippen molar-refractivity contribution in [1.29, 1.82) is 0 Å². The largest absolute Gasteiger partial charge is 0.491 e. The standard InChI is InChI=1S/C14H17ClF4N2O/c15-12-9-11(16)1-2-13(12)22-8-7-20-3-5-21(6-4-20)10-14(17,18)19/h1-2,9H,3-8,10H2. The maximum atomic E-state index is 12.9. The molecule has 0 amide bonds. The lowest BCUT2D eigenvalue weighted by Crippen LogP contribution is -2.49. The Morgan fingerprint density at radius 2 is 1.73 bits per heavy atom. The quantitative estimate of drug-likeness (QED) is 0.766. The molecule has 3 nitrogen and oxygen atoms in total. The van der Waals surface area contributed by atoms with Crippen molar-refractivity contribution in [3.05, 3.63) is 29.0 Å². The summed E-state index contributed by atoms with van der Waals surface area (Å²) in [7, 11) is 0. The number of nitrogens with zero attached hydrogens (tertiary/aromatic N) is 2. The van der Waals surface area contributed by atoms with Crippen molar-refractivity contribution in [1.82, 2.24) is 9.80 Å². The van der Waals surface area contributed by atoms with E-state index in [9.17, 15) is 17.6 Å². The first-order chi connectivity index (χ1) is 10.3. The highest BCUT2D eigenvalue weighted by Crippen LogP contribution is 2.24. The van der Waals surface area contributed by atoms with E-state index in [1.165, 1.54) is 23.1 Å². The summed E-state index contributed by atoms with van der Waals surface area (Å²) in [5.41, 5.74) is 0. The Morgan fingerprint density at radius 3 is 2.32 bits per heavy atom. The Morgan fingerprint density at radius 1 is 1.09 bits per heavy atom. The first-order valence-corrected chi connectivity index (χ1v) is 7.30. The Hall–Kier alpha value is -1.05. The summed E-state index contributed by atoms with van der Waals surface area (Å²) >= 11 is 5.84. The van der Waals surface area contributed by atoms with E-state index in [0.29, 0.717) is 45.1 Å². The van der Waals surface area contributed by atoms with Gasteiger partial charge in [0.25, 0.3) is 0 Å². The summed E-state index contributed by atoms with van der Waals surface area (Å²) in [4.78, 5) is 3.43. The number of alkyl halides is 3. The molecule has 1 aliphatic heterocycles. The molecule has 0 N–H and O–H groups in total. The highest BCUT2D eigenvalue weighted by atomic mass is 35.5. The molecule has 8 heteroatoms.